The minimum Gasteiger partial charge on any atom is -0.356 e. The molecule has 0 aliphatic heterocycles. The molecule has 0 aliphatic rings. The molecule has 0 fully saturated rings. The van der Waals surface area contributed by atoms with E-state index in [9.17, 15) is 0 Å². The van der Waals surface area contributed by atoms with Gasteiger partial charge in [-0.15, -0.1) is 0 Å². The van der Waals surface area contributed by atoms with Gasteiger partial charge in [0.1, 0.15) is 5.69 Å². The molecule has 2 aromatic heterocycles. The lowest BCUT2D eigenvalue weighted by Crippen LogP contribution is -2.39. The summed E-state index contributed by atoms with van der Waals surface area (Å²) in [5.74, 6) is 1.74. The Bertz CT molecular complexity index is 879. The summed E-state index contributed by atoms with van der Waals surface area (Å²) in [6.45, 7) is 2.68. The second kappa shape index (κ2) is 9.14. The molecule has 0 spiro atoms. The number of pyridine rings is 1. The van der Waals surface area contributed by atoms with Gasteiger partial charge in [-0.25, -0.2) is 0 Å². The lowest BCUT2D eigenvalue weighted by Gasteiger charge is -2.18. The largest absolute Gasteiger partial charge is 0.356 e. The molecule has 140 valence electrons. The molecule has 0 bridgehead atoms. The van der Waals surface area contributed by atoms with Gasteiger partial charge in [0.25, 0.3) is 5.89 Å². The van der Waals surface area contributed by atoms with Crippen LogP contribution in [0.5, 0.6) is 0 Å². The van der Waals surface area contributed by atoms with Crippen molar-refractivity contribution in [1.29, 1.82) is 0 Å². The molecule has 7 nitrogen and oxygen atoms in total. The second-order valence-corrected chi connectivity index (χ2v) is 6.33. The summed E-state index contributed by atoms with van der Waals surface area (Å²) in [5.41, 5.74) is 1.79. The minimum absolute atomic E-state index is 0.0920. The Kier molecular flexibility index (Phi) is 6.38. The topological polar surface area (TPSA) is 88.2 Å². The van der Waals surface area contributed by atoms with E-state index in [1.54, 1.807) is 13.2 Å². The molecule has 1 unspecified atom stereocenters. The van der Waals surface area contributed by atoms with Crippen LogP contribution in [0.25, 0.3) is 11.6 Å². The number of aliphatic imine (C=N–C) groups is 1. The van der Waals surface area contributed by atoms with Crippen LogP contribution in [0.4, 0.5) is 0 Å². The molecule has 2 N–H and O–H groups in total. The summed E-state index contributed by atoms with van der Waals surface area (Å²) in [7, 11) is 1.73. The molecule has 8 heteroatoms. The third kappa shape index (κ3) is 5.27. The molecule has 2 heterocycles. The maximum Gasteiger partial charge on any atom is 0.276 e. The lowest BCUT2D eigenvalue weighted by molar-refractivity contribution is 0.421. The number of aromatic nitrogens is 3. The number of nitrogens with one attached hydrogen (secondary N) is 2. The number of halogens is 1. The monoisotopic (exact) mass is 384 g/mol. The van der Waals surface area contributed by atoms with E-state index in [1.807, 2.05) is 42.5 Å². The lowest BCUT2D eigenvalue weighted by atomic mass is 10.1. The standard InChI is InChI=1S/C19H21ClN6O/c1-13(14-6-8-15(20)9-7-14)24-19(21-2)23-12-10-17-25-18(27-26-17)16-5-3-4-11-22-16/h3-9,11,13H,10,12H2,1-2H3,(H2,21,23,24). The molecule has 0 radical (unpaired) electrons. The van der Waals surface area contributed by atoms with E-state index in [1.165, 1.54) is 0 Å². The first kappa shape index (κ1) is 18.8. The molecule has 0 amide bonds. The van der Waals surface area contributed by atoms with Crippen molar-refractivity contribution in [2.45, 2.75) is 19.4 Å². The van der Waals surface area contributed by atoms with Crippen LogP contribution < -0.4 is 10.6 Å². The van der Waals surface area contributed by atoms with Crippen LogP contribution in [-0.2, 0) is 6.42 Å². The highest BCUT2D eigenvalue weighted by Crippen LogP contribution is 2.16. The first-order chi connectivity index (χ1) is 13.2. The van der Waals surface area contributed by atoms with Gasteiger partial charge in [0.05, 0.1) is 6.04 Å². The van der Waals surface area contributed by atoms with E-state index >= 15 is 0 Å². The molecule has 3 aromatic rings. The molecule has 1 atom stereocenters. The van der Waals surface area contributed by atoms with Gasteiger partial charge < -0.3 is 15.2 Å². The van der Waals surface area contributed by atoms with Crippen LogP contribution in [-0.4, -0.2) is 34.7 Å². The van der Waals surface area contributed by atoms with E-state index in [-0.39, 0.29) is 6.04 Å². The number of hydrogen-bond donors (Lipinski definition) is 2. The Morgan fingerprint density at radius 3 is 2.74 bits per heavy atom. The van der Waals surface area contributed by atoms with Crippen molar-refractivity contribution in [2.75, 3.05) is 13.6 Å². The maximum absolute atomic E-state index is 5.94. The fourth-order valence-electron chi connectivity index (χ4n) is 2.48. The van der Waals surface area contributed by atoms with E-state index in [2.05, 4.69) is 37.7 Å². The highest BCUT2D eigenvalue weighted by atomic mass is 35.5. The third-order valence-corrected chi connectivity index (χ3v) is 4.19. The molecule has 0 saturated carbocycles. The number of hydrogen-bond acceptors (Lipinski definition) is 5. The van der Waals surface area contributed by atoms with Crippen molar-refractivity contribution in [1.82, 2.24) is 25.8 Å². The van der Waals surface area contributed by atoms with Crippen LogP contribution in [0.1, 0.15) is 24.4 Å². The van der Waals surface area contributed by atoms with Gasteiger partial charge in [-0.1, -0.05) is 35.0 Å². The zero-order valence-corrected chi connectivity index (χ0v) is 15.9. The average molecular weight is 385 g/mol. The smallest absolute Gasteiger partial charge is 0.276 e. The van der Waals surface area contributed by atoms with Gasteiger partial charge in [0.2, 0.25) is 0 Å². The highest BCUT2D eigenvalue weighted by Gasteiger charge is 2.11. The van der Waals surface area contributed by atoms with Crippen molar-refractivity contribution < 1.29 is 4.52 Å². The van der Waals surface area contributed by atoms with Gasteiger partial charge in [-0.05, 0) is 36.8 Å². The Morgan fingerprint density at radius 1 is 1.22 bits per heavy atom. The normalized spacial score (nSPS) is 12.6. The summed E-state index contributed by atoms with van der Waals surface area (Å²) in [4.78, 5) is 12.8. The Labute approximate surface area is 162 Å². The molecule has 0 saturated heterocycles. The van der Waals surface area contributed by atoms with Crippen molar-refractivity contribution in [3.8, 4) is 11.6 Å². The number of benzene rings is 1. The summed E-state index contributed by atoms with van der Waals surface area (Å²) < 4.78 is 5.26. The van der Waals surface area contributed by atoms with E-state index in [0.717, 1.165) is 10.6 Å². The van der Waals surface area contributed by atoms with Crippen LogP contribution in [0, 0.1) is 0 Å². The minimum atomic E-state index is 0.0920. The number of nitrogens with zero attached hydrogens (tertiary/aromatic N) is 4. The quantitative estimate of drug-likeness (QED) is 0.501. The van der Waals surface area contributed by atoms with Crippen molar-refractivity contribution in [3.63, 3.8) is 0 Å². The van der Waals surface area contributed by atoms with Gasteiger partial charge in [-0.2, -0.15) is 4.98 Å². The average Bonchev–Trinajstić information content (AvgIpc) is 3.17. The Hall–Kier alpha value is -2.93. The Morgan fingerprint density at radius 2 is 2.04 bits per heavy atom. The molecule has 27 heavy (non-hydrogen) atoms. The molecular formula is C19H21ClN6O. The second-order valence-electron chi connectivity index (χ2n) is 5.90. The van der Waals surface area contributed by atoms with E-state index in [4.69, 9.17) is 16.1 Å². The van der Waals surface area contributed by atoms with Crippen LogP contribution in [0.2, 0.25) is 5.02 Å². The fraction of sp³-hybridized carbons (Fsp3) is 0.263. The maximum atomic E-state index is 5.94. The van der Waals surface area contributed by atoms with Crippen molar-refractivity contribution >= 4 is 17.6 Å². The summed E-state index contributed by atoms with van der Waals surface area (Å²) >= 11 is 5.94. The SMILES string of the molecule is CN=C(NCCc1noc(-c2ccccn2)n1)NC(C)c1ccc(Cl)cc1. The summed E-state index contributed by atoms with van der Waals surface area (Å²) in [5, 5.41) is 11.3. The molecule has 1 aromatic carbocycles. The first-order valence-electron chi connectivity index (χ1n) is 8.62. The van der Waals surface area contributed by atoms with Crippen LogP contribution >= 0.6 is 11.6 Å². The summed E-state index contributed by atoms with van der Waals surface area (Å²) in [6, 6.07) is 13.4. The van der Waals surface area contributed by atoms with Gasteiger partial charge >= 0.3 is 0 Å². The molecule has 3 rings (SSSR count). The van der Waals surface area contributed by atoms with Gasteiger partial charge in [0.15, 0.2) is 11.8 Å². The zero-order chi connectivity index (χ0) is 19.1. The number of guanidine groups is 1. The zero-order valence-electron chi connectivity index (χ0n) is 15.2. The predicted molar refractivity (Wildman–Crippen MR) is 106 cm³/mol. The van der Waals surface area contributed by atoms with Crippen LogP contribution in [0.15, 0.2) is 58.2 Å². The van der Waals surface area contributed by atoms with Crippen LogP contribution in [0.3, 0.4) is 0 Å². The summed E-state index contributed by atoms with van der Waals surface area (Å²) in [6.07, 6.45) is 2.30. The molecule has 0 aliphatic carbocycles. The first-order valence-corrected chi connectivity index (χ1v) is 9.00. The number of rotatable bonds is 6. The van der Waals surface area contributed by atoms with E-state index in [0.29, 0.717) is 36.3 Å². The van der Waals surface area contributed by atoms with E-state index < -0.39 is 0 Å². The molecular weight excluding hydrogens is 364 g/mol. The van der Waals surface area contributed by atoms with Gasteiger partial charge in [0, 0.05) is 31.2 Å². The van der Waals surface area contributed by atoms with Crippen molar-refractivity contribution in [2.24, 2.45) is 4.99 Å². The Balaban J connectivity index is 1.50. The fourth-order valence-corrected chi connectivity index (χ4v) is 2.60. The third-order valence-electron chi connectivity index (χ3n) is 3.94. The van der Waals surface area contributed by atoms with Crippen molar-refractivity contribution in [3.05, 3.63) is 65.1 Å². The van der Waals surface area contributed by atoms with Gasteiger partial charge in [-0.3, -0.25) is 9.98 Å². The predicted octanol–water partition coefficient (Wildman–Crippen LogP) is 3.25. The highest BCUT2D eigenvalue weighted by molar-refractivity contribution is 6.30.